The Kier molecular flexibility index (Phi) is 7.71. The van der Waals surface area contributed by atoms with E-state index in [4.69, 9.17) is 0 Å². The molecule has 0 unspecified atom stereocenters. The molecule has 36 heavy (non-hydrogen) atoms. The number of hydrogen-bond acceptors (Lipinski definition) is 4. The zero-order valence-electron chi connectivity index (χ0n) is 22.0. The fraction of sp³-hybridized carbons (Fsp3) is 0.481. The first kappa shape index (κ1) is 27.1. The molecular formula is C27H35FN4O4. The topological polar surface area (TPSA) is 101 Å². The van der Waals surface area contributed by atoms with Crippen LogP contribution >= 0.6 is 0 Å². The predicted octanol–water partition coefficient (Wildman–Crippen LogP) is 3.68. The second-order valence-electron chi connectivity index (χ2n) is 10.3. The van der Waals surface area contributed by atoms with Crippen LogP contribution in [0, 0.1) is 32.5 Å². The van der Waals surface area contributed by atoms with Gasteiger partial charge in [-0.1, -0.05) is 6.92 Å². The third-order valence-electron chi connectivity index (χ3n) is 7.03. The predicted molar refractivity (Wildman–Crippen MR) is 136 cm³/mol. The molecule has 1 aliphatic heterocycles. The second kappa shape index (κ2) is 10.2. The molecule has 0 atom stereocenters. The molecule has 0 radical (unpaired) electrons. The molecule has 0 saturated carbocycles. The first-order valence-electron chi connectivity index (χ1n) is 12.1. The van der Waals surface area contributed by atoms with E-state index in [2.05, 4.69) is 17.6 Å². The molecule has 1 aromatic carbocycles. The molecule has 1 fully saturated rings. The Hall–Kier alpha value is -3.49. The molecule has 0 bridgehead atoms. The number of likely N-dealkylation sites (tertiary alicyclic amines) is 1. The third kappa shape index (κ3) is 5.34. The second-order valence-corrected chi connectivity index (χ2v) is 10.3. The van der Waals surface area contributed by atoms with Gasteiger partial charge < -0.3 is 20.1 Å². The maximum Gasteiger partial charge on any atom is 0.294 e. The highest BCUT2D eigenvalue weighted by molar-refractivity contribution is 6.43. The van der Waals surface area contributed by atoms with Crippen LogP contribution in [-0.2, 0) is 16.6 Å². The molecular weight excluding hydrogens is 463 g/mol. The van der Waals surface area contributed by atoms with Gasteiger partial charge in [-0.15, -0.1) is 0 Å². The van der Waals surface area contributed by atoms with Gasteiger partial charge in [-0.25, -0.2) is 4.39 Å². The van der Waals surface area contributed by atoms with Crippen LogP contribution < -0.4 is 10.6 Å². The van der Waals surface area contributed by atoms with Crippen molar-refractivity contribution in [3.05, 3.63) is 52.1 Å². The number of anilines is 1. The number of ketones is 1. The number of Topliss-reactive ketones (excluding diaryl/α,β-unsaturated/α-hetero) is 1. The van der Waals surface area contributed by atoms with Crippen LogP contribution in [0.5, 0.6) is 0 Å². The lowest BCUT2D eigenvalue weighted by atomic mass is 9.96. The zero-order valence-corrected chi connectivity index (χ0v) is 22.0. The molecule has 3 amide bonds. The van der Waals surface area contributed by atoms with Crippen molar-refractivity contribution in [2.24, 2.45) is 13.0 Å². The highest BCUT2D eigenvalue weighted by atomic mass is 19.1. The van der Waals surface area contributed by atoms with Gasteiger partial charge in [-0.2, -0.15) is 0 Å². The van der Waals surface area contributed by atoms with Crippen molar-refractivity contribution in [2.45, 2.75) is 59.9 Å². The first-order valence-corrected chi connectivity index (χ1v) is 12.1. The van der Waals surface area contributed by atoms with Crippen molar-refractivity contribution < 1.29 is 23.6 Å². The van der Waals surface area contributed by atoms with E-state index in [-0.39, 0.29) is 23.0 Å². The van der Waals surface area contributed by atoms with Gasteiger partial charge in [0, 0.05) is 31.5 Å². The molecule has 1 saturated heterocycles. The standard InChI is InChI=1S/C27H35FN4O4/c1-15-10-12-32(13-11-15)26(36)27(5,6)30-25(35)23(33)22-17(3)21(18(4)31(22)7)24(34)29-19-8-9-20(28)16(2)14-19/h8-9,14-15H,10-13H2,1-7H3,(H,29,34)(H,30,35). The summed E-state index contributed by atoms with van der Waals surface area (Å²) in [6, 6.07) is 4.24. The number of carbonyl (C=O) groups excluding carboxylic acids is 4. The molecule has 3 rings (SSSR count). The Balaban J connectivity index is 1.79. The smallest absolute Gasteiger partial charge is 0.294 e. The number of halogens is 1. The van der Waals surface area contributed by atoms with Gasteiger partial charge in [0.05, 0.1) is 11.3 Å². The van der Waals surface area contributed by atoms with Crippen molar-refractivity contribution in [3.63, 3.8) is 0 Å². The number of rotatable bonds is 6. The molecule has 0 spiro atoms. The van der Waals surface area contributed by atoms with E-state index < -0.39 is 23.1 Å². The Labute approximate surface area is 211 Å². The molecule has 2 aromatic rings. The quantitative estimate of drug-likeness (QED) is 0.469. The molecule has 0 aliphatic carbocycles. The monoisotopic (exact) mass is 498 g/mol. The molecule has 2 N–H and O–H groups in total. The van der Waals surface area contributed by atoms with Crippen molar-refractivity contribution >= 4 is 29.2 Å². The number of benzene rings is 1. The SMILES string of the molecule is Cc1cc(NC(=O)c2c(C)c(C(=O)C(=O)NC(C)(C)C(=O)N3CCC(C)CC3)n(C)c2C)ccc1F. The zero-order chi connectivity index (χ0) is 26.9. The lowest BCUT2D eigenvalue weighted by Gasteiger charge is -2.36. The Morgan fingerprint density at radius 3 is 2.25 bits per heavy atom. The van der Waals surface area contributed by atoms with Crippen LogP contribution in [0.4, 0.5) is 10.1 Å². The summed E-state index contributed by atoms with van der Waals surface area (Å²) in [7, 11) is 1.60. The minimum absolute atomic E-state index is 0.0699. The van der Waals surface area contributed by atoms with E-state index in [9.17, 15) is 23.6 Å². The van der Waals surface area contributed by atoms with Crippen molar-refractivity contribution in [1.82, 2.24) is 14.8 Å². The summed E-state index contributed by atoms with van der Waals surface area (Å²) in [5, 5.41) is 5.33. The Morgan fingerprint density at radius 1 is 1.06 bits per heavy atom. The Morgan fingerprint density at radius 2 is 1.67 bits per heavy atom. The highest BCUT2D eigenvalue weighted by Gasteiger charge is 2.37. The molecule has 2 heterocycles. The van der Waals surface area contributed by atoms with E-state index in [1.165, 1.54) is 22.8 Å². The normalized spacial score (nSPS) is 14.5. The largest absolute Gasteiger partial charge is 0.344 e. The maximum atomic E-state index is 13.6. The number of piperidine rings is 1. The summed E-state index contributed by atoms with van der Waals surface area (Å²) in [6.45, 7) is 11.4. The number of hydrogen-bond donors (Lipinski definition) is 2. The average molecular weight is 499 g/mol. The maximum absolute atomic E-state index is 13.6. The third-order valence-corrected chi connectivity index (χ3v) is 7.03. The molecule has 9 heteroatoms. The van der Waals surface area contributed by atoms with Crippen LogP contribution in [-0.4, -0.2) is 51.6 Å². The van der Waals surface area contributed by atoms with Crippen molar-refractivity contribution in [3.8, 4) is 0 Å². The fourth-order valence-electron chi connectivity index (χ4n) is 4.66. The fourth-order valence-corrected chi connectivity index (χ4v) is 4.66. The molecule has 8 nitrogen and oxygen atoms in total. The molecule has 1 aliphatic rings. The van der Waals surface area contributed by atoms with Gasteiger partial charge in [0.25, 0.3) is 17.6 Å². The van der Waals surface area contributed by atoms with Crippen molar-refractivity contribution in [2.75, 3.05) is 18.4 Å². The van der Waals surface area contributed by atoms with Gasteiger partial charge in [0.2, 0.25) is 5.91 Å². The van der Waals surface area contributed by atoms with E-state index in [0.717, 1.165) is 12.8 Å². The van der Waals surface area contributed by atoms with Crippen molar-refractivity contribution in [1.29, 1.82) is 0 Å². The number of amides is 3. The Bertz CT molecular complexity index is 1220. The minimum Gasteiger partial charge on any atom is -0.344 e. The van der Waals surface area contributed by atoms with Gasteiger partial charge in [0.1, 0.15) is 11.4 Å². The van der Waals surface area contributed by atoms with Gasteiger partial charge in [0.15, 0.2) is 0 Å². The summed E-state index contributed by atoms with van der Waals surface area (Å²) < 4.78 is 15.1. The number of aryl methyl sites for hydroxylation is 1. The van der Waals surface area contributed by atoms with Crippen LogP contribution in [0.15, 0.2) is 18.2 Å². The average Bonchev–Trinajstić information content (AvgIpc) is 3.03. The highest BCUT2D eigenvalue weighted by Crippen LogP contribution is 2.24. The van der Waals surface area contributed by atoms with E-state index >= 15 is 0 Å². The van der Waals surface area contributed by atoms with Crippen LogP contribution in [0.2, 0.25) is 0 Å². The number of nitrogens with one attached hydrogen (secondary N) is 2. The van der Waals surface area contributed by atoms with Crippen LogP contribution in [0.1, 0.15) is 71.3 Å². The minimum atomic E-state index is -1.26. The van der Waals surface area contributed by atoms with Crippen LogP contribution in [0.25, 0.3) is 0 Å². The summed E-state index contributed by atoms with van der Waals surface area (Å²) >= 11 is 0. The summed E-state index contributed by atoms with van der Waals surface area (Å²) in [5.74, 6) is -2.28. The number of carbonyl (C=O) groups is 4. The summed E-state index contributed by atoms with van der Waals surface area (Å²) in [6.07, 6.45) is 1.80. The number of aromatic nitrogens is 1. The van der Waals surface area contributed by atoms with E-state index in [1.807, 2.05) is 0 Å². The van der Waals surface area contributed by atoms with E-state index in [0.29, 0.717) is 41.5 Å². The van der Waals surface area contributed by atoms with Crippen LogP contribution in [0.3, 0.4) is 0 Å². The lowest BCUT2D eigenvalue weighted by molar-refractivity contribution is -0.140. The molecule has 1 aromatic heterocycles. The summed E-state index contributed by atoms with van der Waals surface area (Å²) in [5.41, 5.74) is 0.715. The van der Waals surface area contributed by atoms with Gasteiger partial charge >= 0.3 is 0 Å². The summed E-state index contributed by atoms with van der Waals surface area (Å²) in [4.78, 5) is 54.0. The molecule has 194 valence electrons. The van der Waals surface area contributed by atoms with Gasteiger partial charge in [-0.3, -0.25) is 19.2 Å². The lowest BCUT2D eigenvalue weighted by Crippen LogP contribution is -2.58. The van der Waals surface area contributed by atoms with E-state index in [1.54, 1.807) is 46.6 Å². The first-order chi connectivity index (χ1) is 16.7. The van der Waals surface area contributed by atoms with Gasteiger partial charge in [-0.05, 0) is 82.7 Å². The number of nitrogens with zero attached hydrogens (tertiary/aromatic N) is 2.